The molecule has 0 aromatic heterocycles. The number of carboxylic acid groups (broad SMARTS) is 1. The fourth-order valence-electron chi connectivity index (χ4n) is 1.99. The Kier molecular flexibility index (Phi) is 4.96. The van der Waals surface area contributed by atoms with Crippen LogP contribution in [0.2, 0.25) is 0 Å². The Morgan fingerprint density at radius 1 is 1.53 bits per heavy atom. The summed E-state index contributed by atoms with van der Waals surface area (Å²) in [6.07, 6.45) is 3.09. The molecular weight excluding hydrogens is 224 g/mol. The van der Waals surface area contributed by atoms with Crippen LogP contribution in [-0.4, -0.2) is 64.3 Å². The first-order valence-corrected chi connectivity index (χ1v) is 5.59. The van der Waals surface area contributed by atoms with Crippen LogP contribution in [0.1, 0.15) is 12.8 Å². The van der Waals surface area contributed by atoms with Crippen molar-refractivity contribution in [1.29, 1.82) is 0 Å². The quantitative estimate of drug-likeness (QED) is 0.672. The first kappa shape index (κ1) is 13.5. The number of rotatable bonds is 5. The number of aliphatic hydroxyl groups excluding tert-OH is 1. The van der Waals surface area contributed by atoms with Crippen LogP contribution in [0.3, 0.4) is 0 Å². The van der Waals surface area contributed by atoms with Gasteiger partial charge in [-0.2, -0.15) is 0 Å². The van der Waals surface area contributed by atoms with Gasteiger partial charge >= 0.3 is 12.0 Å². The molecule has 1 fully saturated rings. The smallest absolute Gasteiger partial charge is 0.323 e. The lowest BCUT2D eigenvalue weighted by Gasteiger charge is -2.29. The summed E-state index contributed by atoms with van der Waals surface area (Å²) < 4.78 is 0. The molecule has 1 aliphatic rings. The Hall–Kier alpha value is -1.56. The number of nitrogens with zero attached hydrogens (tertiary/aromatic N) is 2. The van der Waals surface area contributed by atoms with E-state index in [2.05, 4.69) is 6.58 Å². The maximum absolute atomic E-state index is 12.1. The minimum absolute atomic E-state index is 0.0826. The second-order valence-corrected chi connectivity index (χ2v) is 4.02. The van der Waals surface area contributed by atoms with E-state index >= 15 is 0 Å². The number of aliphatic hydroxyl groups is 1. The van der Waals surface area contributed by atoms with E-state index in [0.717, 1.165) is 12.8 Å². The Morgan fingerprint density at radius 2 is 2.24 bits per heavy atom. The van der Waals surface area contributed by atoms with Gasteiger partial charge in [-0.05, 0) is 12.8 Å². The van der Waals surface area contributed by atoms with Crippen molar-refractivity contribution in [2.75, 3.05) is 26.2 Å². The Labute approximate surface area is 100 Å². The number of hydrogen-bond acceptors (Lipinski definition) is 3. The van der Waals surface area contributed by atoms with Crippen molar-refractivity contribution in [3.8, 4) is 0 Å². The van der Waals surface area contributed by atoms with Gasteiger partial charge in [0.1, 0.15) is 6.54 Å². The van der Waals surface area contributed by atoms with E-state index in [1.165, 1.54) is 15.9 Å². The third-order valence-corrected chi connectivity index (χ3v) is 2.78. The minimum atomic E-state index is -1.06. The largest absolute Gasteiger partial charge is 0.480 e. The van der Waals surface area contributed by atoms with Gasteiger partial charge < -0.3 is 20.0 Å². The highest BCUT2D eigenvalue weighted by Gasteiger charge is 2.31. The number of likely N-dealkylation sites (tertiary alicyclic amines) is 1. The second kappa shape index (κ2) is 6.24. The molecule has 96 valence electrons. The van der Waals surface area contributed by atoms with Crippen LogP contribution in [0, 0.1) is 0 Å². The van der Waals surface area contributed by atoms with Crippen molar-refractivity contribution in [2.24, 2.45) is 0 Å². The summed E-state index contributed by atoms with van der Waals surface area (Å²) in [5.74, 6) is -1.06. The number of amides is 2. The van der Waals surface area contributed by atoms with Gasteiger partial charge in [-0.3, -0.25) is 4.79 Å². The lowest BCUT2D eigenvalue weighted by atomic mass is 10.2. The molecule has 1 atom stereocenters. The van der Waals surface area contributed by atoms with Crippen molar-refractivity contribution in [3.05, 3.63) is 12.7 Å². The van der Waals surface area contributed by atoms with E-state index in [1.807, 2.05) is 0 Å². The molecule has 0 spiro atoms. The van der Waals surface area contributed by atoms with Crippen molar-refractivity contribution in [1.82, 2.24) is 9.80 Å². The predicted molar refractivity (Wildman–Crippen MR) is 61.6 cm³/mol. The second-order valence-electron chi connectivity index (χ2n) is 4.02. The van der Waals surface area contributed by atoms with Crippen molar-refractivity contribution in [3.63, 3.8) is 0 Å². The third kappa shape index (κ3) is 3.45. The van der Waals surface area contributed by atoms with Crippen LogP contribution < -0.4 is 0 Å². The zero-order valence-corrected chi connectivity index (χ0v) is 9.71. The number of urea groups is 1. The third-order valence-electron chi connectivity index (χ3n) is 2.78. The van der Waals surface area contributed by atoms with Crippen LogP contribution in [0.4, 0.5) is 4.79 Å². The maximum atomic E-state index is 12.1. The first-order valence-electron chi connectivity index (χ1n) is 5.59. The molecular formula is C11H18N2O4. The molecule has 2 amide bonds. The van der Waals surface area contributed by atoms with Crippen LogP contribution in [0.5, 0.6) is 0 Å². The summed E-state index contributed by atoms with van der Waals surface area (Å²) in [4.78, 5) is 25.5. The molecule has 0 aliphatic carbocycles. The average Bonchev–Trinajstić information content (AvgIpc) is 2.74. The van der Waals surface area contributed by atoms with Gasteiger partial charge in [-0.15, -0.1) is 6.58 Å². The van der Waals surface area contributed by atoms with Crippen LogP contribution in [0.15, 0.2) is 12.7 Å². The lowest BCUT2D eigenvalue weighted by Crippen LogP contribution is -2.48. The molecule has 6 nitrogen and oxygen atoms in total. The highest BCUT2D eigenvalue weighted by molar-refractivity contribution is 5.80. The SMILES string of the molecule is C=CCN(CC(=O)O)C(=O)N1CCCC1CO. The van der Waals surface area contributed by atoms with Crippen molar-refractivity contribution in [2.45, 2.75) is 18.9 Å². The zero-order valence-electron chi connectivity index (χ0n) is 9.71. The molecule has 0 saturated carbocycles. The molecule has 0 radical (unpaired) electrons. The molecule has 1 unspecified atom stereocenters. The standard InChI is InChI=1S/C11H18N2O4/c1-2-5-12(7-10(15)16)11(17)13-6-3-4-9(13)8-14/h2,9,14H,1,3-8H2,(H,15,16). The number of carbonyl (C=O) groups excluding carboxylic acids is 1. The number of aliphatic carboxylic acids is 1. The summed E-state index contributed by atoms with van der Waals surface area (Å²) in [5.41, 5.74) is 0. The van der Waals surface area contributed by atoms with E-state index in [-0.39, 0.29) is 31.8 Å². The van der Waals surface area contributed by atoms with Crippen molar-refractivity contribution >= 4 is 12.0 Å². The van der Waals surface area contributed by atoms with E-state index in [0.29, 0.717) is 6.54 Å². The van der Waals surface area contributed by atoms with Gasteiger partial charge in [0.25, 0.3) is 0 Å². The van der Waals surface area contributed by atoms with E-state index in [4.69, 9.17) is 10.2 Å². The fourth-order valence-corrected chi connectivity index (χ4v) is 1.99. The molecule has 1 heterocycles. The first-order chi connectivity index (χ1) is 8.10. The number of carboxylic acids is 1. The Morgan fingerprint density at radius 3 is 2.76 bits per heavy atom. The average molecular weight is 242 g/mol. The van der Waals surface area contributed by atoms with Crippen LogP contribution in [-0.2, 0) is 4.79 Å². The fraction of sp³-hybridized carbons (Fsp3) is 0.636. The Bertz CT molecular complexity index is 306. The molecule has 0 aromatic rings. The van der Waals surface area contributed by atoms with Gasteiger partial charge in [-0.1, -0.05) is 6.08 Å². The van der Waals surface area contributed by atoms with Crippen LogP contribution in [0.25, 0.3) is 0 Å². The molecule has 17 heavy (non-hydrogen) atoms. The van der Waals surface area contributed by atoms with Gasteiger partial charge in [0.2, 0.25) is 0 Å². The molecule has 0 aromatic carbocycles. The van der Waals surface area contributed by atoms with Crippen LogP contribution >= 0.6 is 0 Å². The maximum Gasteiger partial charge on any atom is 0.323 e. The van der Waals surface area contributed by atoms with E-state index in [1.54, 1.807) is 0 Å². The number of hydrogen-bond donors (Lipinski definition) is 2. The summed E-state index contributed by atoms with van der Waals surface area (Å²) in [7, 11) is 0. The molecule has 6 heteroatoms. The highest BCUT2D eigenvalue weighted by Crippen LogP contribution is 2.18. The van der Waals surface area contributed by atoms with Crippen molar-refractivity contribution < 1.29 is 19.8 Å². The summed E-state index contributed by atoms with van der Waals surface area (Å²) >= 11 is 0. The van der Waals surface area contributed by atoms with Gasteiger partial charge in [-0.25, -0.2) is 4.79 Å². The van der Waals surface area contributed by atoms with Gasteiger partial charge in [0.05, 0.1) is 12.6 Å². The summed E-state index contributed by atoms with van der Waals surface area (Å²) in [5, 5.41) is 17.9. The summed E-state index contributed by atoms with van der Waals surface area (Å²) in [6, 6.07) is -0.535. The summed E-state index contributed by atoms with van der Waals surface area (Å²) in [6.45, 7) is 3.83. The normalized spacial score (nSPS) is 19.1. The predicted octanol–water partition coefficient (Wildman–Crippen LogP) is 0.136. The topological polar surface area (TPSA) is 81.1 Å². The van der Waals surface area contributed by atoms with E-state index in [9.17, 15) is 9.59 Å². The monoisotopic (exact) mass is 242 g/mol. The van der Waals surface area contributed by atoms with Gasteiger partial charge in [0, 0.05) is 13.1 Å². The zero-order chi connectivity index (χ0) is 12.8. The lowest BCUT2D eigenvalue weighted by molar-refractivity contribution is -0.137. The number of carbonyl (C=O) groups is 2. The molecule has 1 saturated heterocycles. The molecule has 1 rings (SSSR count). The highest BCUT2D eigenvalue weighted by atomic mass is 16.4. The molecule has 0 bridgehead atoms. The minimum Gasteiger partial charge on any atom is -0.480 e. The molecule has 2 N–H and O–H groups in total. The Balaban J connectivity index is 2.69. The van der Waals surface area contributed by atoms with E-state index < -0.39 is 5.97 Å². The van der Waals surface area contributed by atoms with Gasteiger partial charge in [0.15, 0.2) is 0 Å². The molecule has 1 aliphatic heterocycles.